The largest absolute Gasteiger partial charge is 0.497 e. The Bertz CT molecular complexity index is 895. The number of carbonyl (C=O) groups is 1. The van der Waals surface area contributed by atoms with E-state index in [0.29, 0.717) is 12.5 Å². The monoisotopic (exact) mass is 516 g/mol. The number of ketones is 1. The molecule has 0 amide bonds. The van der Waals surface area contributed by atoms with Gasteiger partial charge in [0.2, 0.25) is 0 Å². The average Bonchev–Trinajstić information content (AvgIpc) is 2.80. The summed E-state index contributed by atoms with van der Waals surface area (Å²) in [7, 11) is 1.92. The third-order valence-electron chi connectivity index (χ3n) is 6.61. The van der Waals surface area contributed by atoms with Crippen molar-refractivity contribution in [3.05, 3.63) is 53.1 Å². The topological polar surface area (TPSA) is 54.0 Å². The van der Waals surface area contributed by atoms with Crippen LogP contribution in [0.4, 0.5) is 0 Å². The highest BCUT2D eigenvalue weighted by atomic mass is 28.3. The van der Waals surface area contributed by atoms with Crippen molar-refractivity contribution in [1.29, 1.82) is 0 Å². The van der Waals surface area contributed by atoms with Crippen LogP contribution in [-0.2, 0) is 25.3 Å². The van der Waals surface area contributed by atoms with Crippen LogP contribution in [0, 0.1) is 17.3 Å². The lowest BCUT2D eigenvalue weighted by Crippen LogP contribution is -2.49. The Morgan fingerprint density at radius 1 is 1.11 bits per heavy atom. The van der Waals surface area contributed by atoms with E-state index in [0.717, 1.165) is 35.3 Å². The molecule has 4 atom stereocenters. The number of ether oxygens (including phenoxy) is 3. The predicted molar refractivity (Wildman–Crippen MR) is 150 cm³/mol. The van der Waals surface area contributed by atoms with Crippen molar-refractivity contribution in [1.82, 2.24) is 0 Å². The van der Waals surface area contributed by atoms with E-state index in [1.807, 2.05) is 30.3 Å². The summed E-state index contributed by atoms with van der Waals surface area (Å²) in [6.07, 6.45) is 5.16. The van der Waals surface area contributed by atoms with Gasteiger partial charge in [-0.05, 0) is 68.0 Å². The Morgan fingerprint density at radius 2 is 1.75 bits per heavy atom. The van der Waals surface area contributed by atoms with Gasteiger partial charge in [-0.15, -0.1) is 0 Å². The molecule has 1 aliphatic carbocycles. The van der Waals surface area contributed by atoms with Crippen LogP contribution < -0.4 is 4.74 Å². The van der Waals surface area contributed by atoms with Crippen LogP contribution in [0.1, 0.15) is 59.9 Å². The summed E-state index contributed by atoms with van der Waals surface area (Å²) in [5, 5.41) is 0. The maximum Gasteiger partial charge on any atom is 0.171 e. The normalized spacial score (nSPS) is 22.2. The van der Waals surface area contributed by atoms with Crippen LogP contribution in [0.15, 0.2) is 47.6 Å². The molecule has 6 heteroatoms. The minimum atomic E-state index is -1.41. The molecule has 0 aliphatic heterocycles. The lowest BCUT2D eigenvalue weighted by Gasteiger charge is -2.41. The lowest BCUT2D eigenvalue weighted by atomic mass is 9.73. The molecular formula is C30H48O5Si. The van der Waals surface area contributed by atoms with E-state index in [-0.39, 0.29) is 23.4 Å². The van der Waals surface area contributed by atoms with Crippen LogP contribution in [0.5, 0.6) is 5.75 Å². The van der Waals surface area contributed by atoms with Crippen LogP contribution in [0.2, 0.25) is 13.1 Å². The van der Waals surface area contributed by atoms with Crippen LogP contribution >= 0.6 is 0 Å². The molecule has 1 unspecified atom stereocenters. The highest BCUT2D eigenvalue weighted by Crippen LogP contribution is 2.38. The summed E-state index contributed by atoms with van der Waals surface area (Å²) >= 11 is 0. The van der Waals surface area contributed by atoms with E-state index in [9.17, 15) is 4.79 Å². The molecule has 0 saturated heterocycles. The third kappa shape index (κ3) is 8.40. The van der Waals surface area contributed by atoms with Gasteiger partial charge in [0.1, 0.15) is 18.0 Å². The van der Waals surface area contributed by atoms with Crippen molar-refractivity contribution in [3.63, 3.8) is 0 Å². The molecule has 0 spiro atoms. The minimum Gasteiger partial charge on any atom is -0.497 e. The predicted octanol–water partition coefficient (Wildman–Crippen LogP) is 6.52. The Hall–Kier alpha value is -1.73. The maximum absolute atomic E-state index is 14.1. The quantitative estimate of drug-likeness (QED) is 0.234. The van der Waals surface area contributed by atoms with Gasteiger partial charge in [-0.1, -0.05) is 58.4 Å². The first-order chi connectivity index (χ1) is 16.9. The SMILES string of the molecule is COc1ccc(CO[C@@H]2C=C(C(O[SiH](C)C)C(C)(C)C)C(=O)[C@@H](C(C)=CCCC(C)C)[C@@H]2OC)cc1. The smallest absolute Gasteiger partial charge is 0.171 e. The molecule has 0 fully saturated rings. The molecule has 2 rings (SSSR count). The van der Waals surface area contributed by atoms with Crippen molar-refractivity contribution in [2.24, 2.45) is 17.3 Å². The van der Waals surface area contributed by atoms with Gasteiger partial charge in [0.25, 0.3) is 0 Å². The molecule has 36 heavy (non-hydrogen) atoms. The summed E-state index contributed by atoms with van der Waals surface area (Å²) in [5.74, 6) is 1.12. The Kier molecular flexibility index (Phi) is 11.6. The summed E-state index contributed by atoms with van der Waals surface area (Å²) in [4.78, 5) is 14.1. The first-order valence-corrected chi connectivity index (χ1v) is 16.0. The van der Waals surface area contributed by atoms with Gasteiger partial charge in [0.15, 0.2) is 14.8 Å². The second-order valence-electron chi connectivity index (χ2n) is 11.6. The van der Waals surface area contributed by atoms with Gasteiger partial charge in [-0.2, -0.15) is 0 Å². The van der Waals surface area contributed by atoms with Crippen molar-refractivity contribution < 1.29 is 23.4 Å². The van der Waals surface area contributed by atoms with E-state index in [4.69, 9.17) is 18.6 Å². The fourth-order valence-electron chi connectivity index (χ4n) is 4.67. The fourth-order valence-corrected chi connectivity index (χ4v) is 5.77. The maximum atomic E-state index is 14.1. The number of rotatable bonds is 12. The number of methoxy groups -OCH3 is 2. The number of benzene rings is 1. The first kappa shape index (κ1) is 30.5. The number of carbonyl (C=O) groups excluding carboxylic acids is 1. The second-order valence-corrected chi connectivity index (χ2v) is 14.0. The summed E-state index contributed by atoms with van der Waals surface area (Å²) in [5.41, 5.74) is 2.58. The van der Waals surface area contributed by atoms with E-state index in [1.165, 1.54) is 0 Å². The summed E-state index contributed by atoms with van der Waals surface area (Å²) in [6, 6.07) is 7.86. The molecule has 1 aromatic carbocycles. The highest BCUT2D eigenvalue weighted by Gasteiger charge is 2.45. The zero-order chi connectivity index (χ0) is 27.0. The Labute approximate surface area is 221 Å². The molecular weight excluding hydrogens is 468 g/mol. The van der Waals surface area contributed by atoms with Gasteiger partial charge in [-0.25, -0.2) is 0 Å². The zero-order valence-corrected chi connectivity index (χ0v) is 25.2. The van der Waals surface area contributed by atoms with Gasteiger partial charge < -0.3 is 18.6 Å². The van der Waals surface area contributed by atoms with Crippen molar-refractivity contribution >= 4 is 14.8 Å². The molecule has 0 aromatic heterocycles. The number of Topliss-reactive ketones (excluding diaryl/α,β-unsaturated/α-hetero) is 1. The third-order valence-corrected chi connectivity index (χ3v) is 7.43. The summed E-state index contributed by atoms with van der Waals surface area (Å²) in [6.45, 7) is 17.6. The Balaban J connectivity index is 2.47. The van der Waals surface area contributed by atoms with Crippen molar-refractivity contribution in [3.8, 4) is 5.75 Å². The minimum absolute atomic E-state index is 0.0963. The van der Waals surface area contributed by atoms with E-state index < -0.39 is 21.1 Å². The highest BCUT2D eigenvalue weighted by molar-refractivity contribution is 6.48. The molecule has 0 N–H and O–H groups in total. The van der Waals surface area contributed by atoms with Crippen LogP contribution in [0.25, 0.3) is 0 Å². The number of hydrogen-bond acceptors (Lipinski definition) is 5. The molecule has 0 bridgehead atoms. The standard InChI is InChI=1S/C30H48O5Si/c1-20(2)12-11-13-21(3)26-27(31)24(29(30(4,5)6)35-36(9)10)18-25(28(26)33-8)34-19-22-14-16-23(32-7)17-15-22/h13-18,20,25-26,28-29,36H,11-12,19H2,1-10H3/t25-,26-,28-,29?/m1/s1. The molecule has 0 saturated carbocycles. The molecule has 5 nitrogen and oxygen atoms in total. The zero-order valence-electron chi connectivity index (χ0n) is 24.1. The Morgan fingerprint density at radius 3 is 2.25 bits per heavy atom. The average molecular weight is 517 g/mol. The fraction of sp³-hybridized carbons (Fsp3) is 0.633. The van der Waals surface area contributed by atoms with Gasteiger partial charge in [0.05, 0.1) is 25.7 Å². The van der Waals surface area contributed by atoms with Crippen LogP contribution in [0.3, 0.4) is 0 Å². The van der Waals surface area contributed by atoms with E-state index in [2.05, 4.69) is 60.7 Å². The van der Waals surface area contributed by atoms with Gasteiger partial charge in [0, 0.05) is 12.7 Å². The van der Waals surface area contributed by atoms with Gasteiger partial charge in [-0.3, -0.25) is 4.79 Å². The lowest BCUT2D eigenvalue weighted by molar-refractivity contribution is -0.131. The number of allylic oxidation sites excluding steroid dienone is 1. The van der Waals surface area contributed by atoms with E-state index in [1.54, 1.807) is 14.2 Å². The van der Waals surface area contributed by atoms with Crippen molar-refractivity contribution in [2.45, 2.75) is 92.4 Å². The van der Waals surface area contributed by atoms with Crippen molar-refractivity contribution in [2.75, 3.05) is 14.2 Å². The van der Waals surface area contributed by atoms with E-state index >= 15 is 0 Å². The van der Waals surface area contributed by atoms with Crippen LogP contribution in [-0.4, -0.2) is 47.4 Å². The molecule has 0 heterocycles. The molecule has 202 valence electrons. The summed E-state index contributed by atoms with van der Waals surface area (Å²) < 4.78 is 24.2. The van der Waals surface area contributed by atoms with Gasteiger partial charge >= 0.3 is 0 Å². The second kappa shape index (κ2) is 13.7. The first-order valence-electron chi connectivity index (χ1n) is 13.2. The molecule has 1 aliphatic rings. The number of hydrogen-bond donors (Lipinski definition) is 0. The molecule has 1 aromatic rings. The molecule has 0 radical (unpaired) electrons.